The van der Waals surface area contributed by atoms with Crippen LogP contribution in [0.3, 0.4) is 0 Å². The second-order valence-electron chi connectivity index (χ2n) is 8.13. The minimum absolute atomic E-state index is 0.0705. The first kappa shape index (κ1) is 23.1. The topological polar surface area (TPSA) is 44.8 Å². The average molecular weight is 453 g/mol. The van der Waals surface area contributed by atoms with Crippen molar-refractivity contribution >= 4 is 5.97 Å². The molecule has 0 aliphatic carbocycles. The fourth-order valence-electron chi connectivity index (χ4n) is 3.56. The summed E-state index contributed by atoms with van der Waals surface area (Å²) in [6, 6.07) is 34.8. The zero-order valence-electron chi connectivity index (χ0n) is 19.4. The van der Waals surface area contributed by atoms with E-state index in [4.69, 9.17) is 14.2 Å². The molecule has 1 unspecified atom stereocenters. The van der Waals surface area contributed by atoms with Crippen molar-refractivity contribution in [1.82, 2.24) is 0 Å². The quantitative estimate of drug-likeness (QED) is 0.247. The molecule has 0 amide bonds. The molecular weight excluding hydrogens is 424 g/mol. The Labute approximate surface area is 200 Å². The third-order valence-electron chi connectivity index (χ3n) is 5.58. The van der Waals surface area contributed by atoms with Crippen LogP contribution in [0.15, 0.2) is 109 Å². The molecule has 2 atom stereocenters. The number of esters is 1. The molecule has 4 heteroatoms. The van der Waals surface area contributed by atoms with Crippen LogP contribution in [-0.2, 0) is 16.1 Å². The molecule has 0 radical (unpaired) electrons. The monoisotopic (exact) mass is 452 g/mol. The predicted octanol–water partition coefficient (Wildman–Crippen LogP) is 7.47. The number of carbonyl (C=O) groups excluding carboxylic acids is 1. The average Bonchev–Trinajstić information content (AvgIpc) is 2.88. The number of rotatable bonds is 9. The SMILES string of the molecule is CC(C(=O)OCc1ccccc1)c1ccc(Oc2cccc(O[C@@H](C)c3ccccc3)c2)cc1. The Kier molecular flexibility index (Phi) is 7.61. The van der Waals surface area contributed by atoms with Crippen LogP contribution < -0.4 is 9.47 Å². The van der Waals surface area contributed by atoms with Crippen molar-refractivity contribution in [2.75, 3.05) is 0 Å². The van der Waals surface area contributed by atoms with Gasteiger partial charge in [0.05, 0.1) is 5.92 Å². The lowest BCUT2D eigenvalue weighted by Crippen LogP contribution is -2.13. The van der Waals surface area contributed by atoms with Gasteiger partial charge < -0.3 is 14.2 Å². The molecule has 0 spiro atoms. The minimum Gasteiger partial charge on any atom is -0.486 e. The second-order valence-corrected chi connectivity index (χ2v) is 8.13. The lowest BCUT2D eigenvalue weighted by molar-refractivity contribution is -0.146. The van der Waals surface area contributed by atoms with Crippen molar-refractivity contribution in [2.24, 2.45) is 0 Å². The van der Waals surface area contributed by atoms with E-state index in [-0.39, 0.29) is 24.6 Å². The number of hydrogen-bond acceptors (Lipinski definition) is 4. The molecule has 0 saturated carbocycles. The molecule has 0 N–H and O–H groups in total. The predicted molar refractivity (Wildman–Crippen MR) is 133 cm³/mol. The van der Waals surface area contributed by atoms with Gasteiger partial charge in [0, 0.05) is 6.07 Å². The zero-order valence-corrected chi connectivity index (χ0v) is 19.4. The van der Waals surface area contributed by atoms with Crippen LogP contribution in [-0.4, -0.2) is 5.97 Å². The van der Waals surface area contributed by atoms with Crippen LogP contribution in [0, 0.1) is 0 Å². The standard InChI is InChI=1S/C30H28O4/c1-22(30(31)32-21-24-10-5-3-6-11-24)25-16-18-27(19-17-25)34-29-15-9-14-28(20-29)33-23(2)26-12-7-4-8-13-26/h3-20,22-23H,21H2,1-2H3/t22?,23-/m0/s1. The van der Waals surface area contributed by atoms with Gasteiger partial charge in [-0.25, -0.2) is 0 Å². The van der Waals surface area contributed by atoms with Gasteiger partial charge in [0.1, 0.15) is 30.0 Å². The first-order chi connectivity index (χ1) is 16.6. The third-order valence-corrected chi connectivity index (χ3v) is 5.58. The molecule has 0 heterocycles. The summed E-state index contributed by atoms with van der Waals surface area (Å²) < 4.78 is 17.6. The first-order valence-electron chi connectivity index (χ1n) is 11.4. The van der Waals surface area contributed by atoms with Crippen LogP contribution in [0.25, 0.3) is 0 Å². The molecule has 0 bridgehead atoms. The van der Waals surface area contributed by atoms with E-state index in [1.54, 1.807) is 0 Å². The number of carbonyl (C=O) groups is 1. The van der Waals surface area contributed by atoms with Crippen molar-refractivity contribution in [3.63, 3.8) is 0 Å². The smallest absolute Gasteiger partial charge is 0.313 e. The summed E-state index contributed by atoms with van der Waals surface area (Å²) in [4.78, 5) is 12.5. The van der Waals surface area contributed by atoms with Gasteiger partial charge in [-0.2, -0.15) is 0 Å². The second kappa shape index (κ2) is 11.2. The Bertz CT molecular complexity index is 1190. The summed E-state index contributed by atoms with van der Waals surface area (Å²) in [6.45, 7) is 4.14. The summed E-state index contributed by atoms with van der Waals surface area (Å²) in [7, 11) is 0. The van der Waals surface area contributed by atoms with E-state index >= 15 is 0 Å². The van der Waals surface area contributed by atoms with Gasteiger partial charge >= 0.3 is 5.97 Å². The molecule has 0 saturated heterocycles. The van der Waals surface area contributed by atoms with Crippen molar-refractivity contribution in [2.45, 2.75) is 32.5 Å². The van der Waals surface area contributed by atoms with Crippen molar-refractivity contribution < 1.29 is 19.0 Å². The molecule has 0 aliphatic heterocycles. The summed E-state index contributed by atoms with van der Waals surface area (Å²) in [5.74, 6) is 1.48. The van der Waals surface area contributed by atoms with E-state index in [0.29, 0.717) is 11.5 Å². The molecule has 4 nitrogen and oxygen atoms in total. The minimum atomic E-state index is -0.367. The number of hydrogen-bond donors (Lipinski definition) is 0. The molecule has 0 fully saturated rings. The lowest BCUT2D eigenvalue weighted by atomic mass is 10.0. The molecule has 0 aliphatic rings. The summed E-state index contributed by atoms with van der Waals surface area (Å²) in [6.07, 6.45) is -0.0705. The van der Waals surface area contributed by atoms with Crippen LogP contribution in [0.4, 0.5) is 0 Å². The zero-order chi connectivity index (χ0) is 23.8. The Morgan fingerprint density at radius 1 is 0.676 bits per heavy atom. The van der Waals surface area contributed by atoms with E-state index in [1.165, 1.54) is 0 Å². The molecule has 4 aromatic rings. The Morgan fingerprint density at radius 3 is 2.03 bits per heavy atom. The summed E-state index contributed by atoms with van der Waals surface area (Å²) >= 11 is 0. The number of ether oxygens (including phenoxy) is 3. The van der Waals surface area contributed by atoms with Gasteiger partial charge in [0.15, 0.2) is 0 Å². The van der Waals surface area contributed by atoms with E-state index in [0.717, 1.165) is 22.4 Å². The Morgan fingerprint density at radius 2 is 1.32 bits per heavy atom. The fraction of sp³-hybridized carbons (Fsp3) is 0.167. The fourth-order valence-corrected chi connectivity index (χ4v) is 3.56. The van der Waals surface area contributed by atoms with Gasteiger partial charge in [0.2, 0.25) is 0 Å². The molecular formula is C30H28O4. The van der Waals surface area contributed by atoms with Crippen molar-refractivity contribution in [3.8, 4) is 17.2 Å². The van der Waals surface area contributed by atoms with E-state index in [9.17, 15) is 4.79 Å². The molecule has 0 aromatic heterocycles. The highest BCUT2D eigenvalue weighted by molar-refractivity contribution is 5.77. The maximum Gasteiger partial charge on any atom is 0.313 e. The van der Waals surface area contributed by atoms with Crippen LogP contribution in [0.2, 0.25) is 0 Å². The van der Waals surface area contributed by atoms with Crippen LogP contribution in [0.1, 0.15) is 42.6 Å². The third kappa shape index (κ3) is 6.26. The van der Waals surface area contributed by atoms with E-state index < -0.39 is 0 Å². The Balaban J connectivity index is 1.34. The van der Waals surface area contributed by atoms with Gasteiger partial charge in [-0.3, -0.25) is 4.79 Å². The summed E-state index contributed by atoms with van der Waals surface area (Å²) in [5.41, 5.74) is 2.95. The van der Waals surface area contributed by atoms with Crippen molar-refractivity contribution in [1.29, 1.82) is 0 Å². The van der Waals surface area contributed by atoms with Gasteiger partial charge in [-0.15, -0.1) is 0 Å². The van der Waals surface area contributed by atoms with Crippen LogP contribution >= 0.6 is 0 Å². The highest BCUT2D eigenvalue weighted by Gasteiger charge is 2.17. The molecule has 4 rings (SSSR count). The normalized spacial score (nSPS) is 12.4. The molecule has 4 aromatic carbocycles. The van der Waals surface area contributed by atoms with Gasteiger partial charge in [0.25, 0.3) is 0 Å². The van der Waals surface area contributed by atoms with Gasteiger partial charge in [-0.1, -0.05) is 78.9 Å². The maximum absolute atomic E-state index is 12.5. The lowest BCUT2D eigenvalue weighted by Gasteiger charge is -2.16. The Hall–Kier alpha value is -4.05. The largest absolute Gasteiger partial charge is 0.486 e. The van der Waals surface area contributed by atoms with E-state index in [1.807, 2.05) is 123 Å². The highest BCUT2D eigenvalue weighted by atomic mass is 16.5. The maximum atomic E-state index is 12.5. The van der Waals surface area contributed by atoms with E-state index in [2.05, 4.69) is 0 Å². The van der Waals surface area contributed by atoms with Gasteiger partial charge in [-0.05, 0) is 54.8 Å². The molecule has 34 heavy (non-hydrogen) atoms. The van der Waals surface area contributed by atoms with Crippen LogP contribution in [0.5, 0.6) is 17.2 Å². The van der Waals surface area contributed by atoms with Crippen molar-refractivity contribution in [3.05, 3.63) is 126 Å². The number of benzene rings is 4. The molecule has 172 valence electrons. The highest BCUT2D eigenvalue weighted by Crippen LogP contribution is 2.29. The first-order valence-corrected chi connectivity index (χ1v) is 11.4. The summed E-state index contributed by atoms with van der Waals surface area (Å²) in [5, 5.41) is 0.